The van der Waals surface area contributed by atoms with Crippen molar-refractivity contribution in [2.24, 2.45) is 0 Å². The largest absolute Gasteiger partial charge is 0.383 e. The van der Waals surface area contributed by atoms with Crippen molar-refractivity contribution in [1.29, 1.82) is 0 Å². The first kappa shape index (κ1) is 13.9. The molecule has 3 nitrogen and oxygen atoms in total. The molecule has 0 spiro atoms. The summed E-state index contributed by atoms with van der Waals surface area (Å²) in [6.07, 6.45) is 4.10. The lowest BCUT2D eigenvalue weighted by atomic mass is 10.2. The first-order valence-electron chi connectivity index (χ1n) is 5.92. The first-order chi connectivity index (χ1) is 8.43. The van der Waals surface area contributed by atoms with E-state index in [1.807, 2.05) is 24.3 Å². The Morgan fingerprint density at radius 3 is 2.65 bits per heavy atom. The van der Waals surface area contributed by atoms with Crippen molar-refractivity contribution >= 4 is 6.08 Å². The normalized spacial score (nSPS) is 11.1. The maximum atomic E-state index is 5.45. The fourth-order valence-corrected chi connectivity index (χ4v) is 1.34. The minimum absolute atomic E-state index is 0.654. The average molecular weight is 235 g/mol. The molecule has 0 saturated carbocycles. The molecule has 0 aliphatic rings. The molecule has 0 aliphatic carbocycles. The summed E-state index contributed by atoms with van der Waals surface area (Å²) in [6, 6.07) is 10.2. The Bertz CT molecular complexity index is 298. The van der Waals surface area contributed by atoms with Crippen LogP contribution >= 0.6 is 0 Å². The second-order valence-electron chi connectivity index (χ2n) is 3.63. The highest BCUT2D eigenvalue weighted by molar-refractivity contribution is 5.48. The third-order valence-electron chi connectivity index (χ3n) is 2.23. The van der Waals surface area contributed by atoms with Crippen LogP contribution in [0.15, 0.2) is 36.4 Å². The molecule has 0 heterocycles. The molecule has 0 fully saturated rings. The highest BCUT2D eigenvalue weighted by Gasteiger charge is 1.87. The quantitative estimate of drug-likeness (QED) is 0.664. The molecule has 0 radical (unpaired) electrons. The summed E-state index contributed by atoms with van der Waals surface area (Å²) in [7, 11) is 1.70. The molecule has 0 amide bonds. The topological polar surface area (TPSA) is 30.5 Å². The van der Waals surface area contributed by atoms with Crippen LogP contribution in [0.5, 0.6) is 0 Å². The van der Waals surface area contributed by atoms with Crippen molar-refractivity contribution in [2.75, 3.05) is 40.0 Å². The highest BCUT2D eigenvalue weighted by Crippen LogP contribution is 2.00. The van der Waals surface area contributed by atoms with Crippen molar-refractivity contribution in [2.45, 2.75) is 0 Å². The van der Waals surface area contributed by atoms with Crippen LogP contribution in [-0.2, 0) is 9.47 Å². The van der Waals surface area contributed by atoms with Gasteiger partial charge in [-0.15, -0.1) is 0 Å². The van der Waals surface area contributed by atoms with E-state index in [0.717, 1.165) is 26.3 Å². The number of hydrogen-bond donors (Lipinski definition) is 1. The van der Waals surface area contributed by atoms with Crippen molar-refractivity contribution in [3.8, 4) is 0 Å². The van der Waals surface area contributed by atoms with Crippen molar-refractivity contribution < 1.29 is 9.47 Å². The van der Waals surface area contributed by atoms with Crippen molar-refractivity contribution in [3.05, 3.63) is 42.0 Å². The summed E-state index contributed by atoms with van der Waals surface area (Å²) in [4.78, 5) is 0. The molecular weight excluding hydrogens is 214 g/mol. The minimum Gasteiger partial charge on any atom is -0.383 e. The summed E-state index contributed by atoms with van der Waals surface area (Å²) in [5.74, 6) is 0. The predicted octanol–water partition coefficient (Wildman–Crippen LogP) is 1.95. The zero-order chi connectivity index (χ0) is 12.2. The fraction of sp³-hybridized carbons (Fsp3) is 0.429. The molecular formula is C14H21NO2. The molecule has 1 N–H and O–H groups in total. The van der Waals surface area contributed by atoms with Gasteiger partial charge in [-0.05, 0) is 5.56 Å². The van der Waals surface area contributed by atoms with Crippen molar-refractivity contribution in [1.82, 2.24) is 5.32 Å². The Balaban J connectivity index is 1.95. The van der Waals surface area contributed by atoms with Gasteiger partial charge in [-0.3, -0.25) is 0 Å². The van der Waals surface area contributed by atoms with Gasteiger partial charge in [-0.2, -0.15) is 0 Å². The molecule has 94 valence electrons. The Morgan fingerprint density at radius 1 is 1.12 bits per heavy atom. The van der Waals surface area contributed by atoms with Crippen LogP contribution in [0.1, 0.15) is 5.56 Å². The molecule has 17 heavy (non-hydrogen) atoms. The lowest BCUT2D eigenvalue weighted by Crippen LogP contribution is -2.23. The van der Waals surface area contributed by atoms with Crippen LogP contribution in [-0.4, -0.2) is 40.0 Å². The van der Waals surface area contributed by atoms with E-state index < -0.39 is 0 Å². The predicted molar refractivity (Wildman–Crippen MR) is 71.0 cm³/mol. The molecule has 0 aromatic heterocycles. The van der Waals surface area contributed by atoms with E-state index in [4.69, 9.17) is 9.47 Å². The Labute approximate surface area is 103 Å². The third kappa shape index (κ3) is 7.69. The zero-order valence-corrected chi connectivity index (χ0v) is 10.4. The number of hydrogen-bond acceptors (Lipinski definition) is 3. The van der Waals surface area contributed by atoms with Gasteiger partial charge in [0.1, 0.15) is 0 Å². The van der Waals surface area contributed by atoms with Gasteiger partial charge in [-0.25, -0.2) is 0 Å². The smallest absolute Gasteiger partial charge is 0.0651 e. The van der Waals surface area contributed by atoms with E-state index in [2.05, 4.69) is 23.5 Å². The Morgan fingerprint density at radius 2 is 1.88 bits per heavy atom. The summed E-state index contributed by atoms with van der Waals surface area (Å²) >= 11 is 0. The monoisotopic (exact) mass is 235 g/mol. The van der Waals surface area contributed by atoms with Crippen LogP contribution in [0.4, 0.5) is 0 Å². The maximum absolute atomic E-state index is 5.45. The molecule has 0 saturated heterocycles. The fourth-order valence-electron chi connectivity index (χ4n) is 1.34. The van der Waals surface area contributed by atoms with Crippen LogP contribution in [0.25, 0.3) is 6.08 Å². The second-order valence-corrected chi connectivity index (χ2v) is 3.63. The van der Waals surface area contributed by atoms with Gasteiger partial charge < -0.3 is 14.8 Å². The third-order valence-corrected chi connectivity index (χ3v) is 2.23. The Hall–Kier alpha value is -1.16. The molecule has 1 aromatic carbocycles. The zero-order valence-electron chi connectivity index (χ0n) is 10.4. The summed E-state index contributed by atoms with van der Waals surface area (Å²) < 4.78 is 10.4. The van der Waals surface area contributed by atoms with Gasteiger partial charge >= 0.3 is 0 Å². The van der Waals surface area contributed by atoms with Gasteiger partial charge in [0.25, 0.3) is 0 Å². The molecule has 1 aromatic rings. The summed E-state index contributed by atoms with van der Waals surface area (Å²) in [5.41, 5.74) is 1.20. The molecule has 3 heteroatoms. The highest BCUT2D eigenvalue weighted by atomic mass is 16.5. The van der Waals surface area contributed by atoms with Gasteiger partial charge in [-0.1, -0.05) is 42.5 Å². The first-order valence-corrected chi connectivity index (χ1v) is 5.92. The number of methoxy groups -OCH3 is 1. The number of rotatable bonds is 9. The number of nitrogens with one attached hydrogen (secondary N) is 1. The summed E-state index contributed by atoms with van der Waals surface area (Å²) in [5, 5.41) is 3.22. The van der Waals surface area contributed by atoms with Crippen molar-refractivity contribution in [3.63, 3.8) is 0 Å². The van der Waals surface area contributed by atoms with Gasteiger partial charge in [0.15, 0.2) is 0 Å². The van der Waals surface area contributed by atoms with Crippen LogP contribution in [0.3, 0.4) is 0 Å². The van der Waals surface area contributed by atoms with Gasteiger partial charge in [0.05, 0.1) is 19.8 Å². The lowest BCUT2D eigenvalue weighted by molar-refractivity contribution is 0.157. The summed E-state index contributed by atoms with van der Waals surface area (Å²) in [6.45, 7) is 3.86. The van der Waals surface area contributed by atoms with Crippen LogP contribution < -0.4 is 5.32 Å². The number of ether oxygens (including phenoxy) is 2. The lowest BCUT2D eigenvalue weighted by Gasteiger charge is -2.03. The van der Waals surface area contributed by atoms with E-state index in [9.17, 15) is 0 Å². The maximum Gasteiger partial charge on any atom is 0.0651 e. The van der Waals surface area contributed by atoms with E-state index in [1.54, 1.807) is 7.11 Å². The van der Waals surface area contributed by atoms with Crippen LogP contribution in [0.2, 0.25) is 0 Å². The molecule has 0 aliphatic heterocycles. The van der Waals surface area contributed by atoms with E-state index >= 15 is 0 Å². The standard InChI is InChI=1S/C14H21NO2/c1-16-12-9-15-10-13-17-11-5-8-14-6-3-2-4-7-14/h2-8,15H,9-13H2,1H3. The Kier molecular flexibility index (Phi) is 8.20. The average Bonchev–Trinajstić information content (AvgIpc) is 2.38. The minimum atomic E-state index is 0.654. The number of benzene rings is 1. The molecule has 0 atom stereocenters. The second kappa shape index (κ2) is 10.0. The SMILES string of the molecule is COCCNCCOCC=Cc1ccccc1. The van der Waals surface area contributed by atoms with Gasteiger partial charge in [0, 0.05) is 20.2 Å². The van der Waals surface area contributed by atoms with E-state index in [1.165, 1.54) is 5.56 Å². The van der Waals surface area contributed by atoms with E-state index in [-0.39, 0.29) is 0 Å². The van der Waals surface area contributed by atoms with Gasteiger partial charge in [0.2, 0.25) is 0 Å². The van der Waals surface area contributed by atoms with E-state index in [0.29, 0.717) is 6.61 Å². The molecule has 0 unspecified atom stereocenters. The molecule has 1 rings (SSSR count). The van der Waals surface area contributed by atoms with Crippen LogP contribution in [0, 0.1) is 0 Å². The molecule has 0 bridgehead atoms.